The minimum Gasteiger partial charge on any atom is -0.490 e. The number of nitrogens with one attached hydrogen (secondary N) is 1. The predicted molar refractivity (Wildman–Crippen MR) is 70.6 cm³/mol. The van der Waals surface area contributed by atoms with Gasteiger partial charge in [-0.2, -0.15) is 0 Å². The van der Waals surface area contributed by atoms with Crippen LogP contribution in [0.25, 0.3) is 0 Å². The lowest BCUT2D eigenvalue weighted by molar-refractivity contribution is -0.119. The molecule has 0 radical (unpaired) electrons. The van der Waals surface area contributed by atoms with Crippen LogP contribution in [-0.4, -0.2) is 18.9 Å². The number of anilines is 1. The summed E-state index contributed by atoms with van der Waals surface area (Å²) in [4.78, 5) is 12.1. The molecule has 18 heavy (non-hydrogen) atoms. The molecule has 2 aliphatic heterocycles. The van der Waals surface area contributed by atoms with Gasteiger partial charge in [0, 0.05) is 24.6 Å². The van der Waals surface area contributed by atoms with E-state index >= 15 is 0 Å². The van der Waals surface area contributed by atoms with Crippen molar-refractivity contribution in [3.8, 4) is 0 Å². The highest BCUT2D eigenvalue weighted by atomic mass is 16.5. The molecule has 1 aromatic carbocycles. The second kappa shape index (κ2) is 4.84. The zero-order valence-corrected chi connectivity index (χ0v) is 10.3. The Morgan fingerprint density at radius 2 is 2.28 bits per heavy atom. The Hall–Kier alpha value is -1.77. The van der Waals surface area contributed by atoms with Crippen LogP contribution in [0.2, 0.25) is 0 Å². The molecule has 3 rings (SSSR count). The van der Waals surface area contributed by atoms with E-state index in [0.29, 0.717) is 18.8 Å². The van der Waals surface area contributed by atoms with Gasteiger partial charge in [-0.1, -0.05) is 18.2 Å². The number of hydrogen-bond donors (Lipinski definition) is 1. The fraction of sp³-hybridized carbons (Fsp3) is 0.400. The van der Waals surface area contributed by atoms with E-state index in [1.54, 1.807) is 0 Å². The normalized spacial score (nSPS) is 21.6. The van der Waals surface area contributed by atoms with E-state index in [2.05, 4.69) is 17.4 Å². The number of ether oxygens (including phenoxy) is 1. The molecular formula is C15H17NO2. The van der Waals surface area contributed by atoms with Gasteiger partial charge < -0.3 is 10.1 Å². The number of carbonyl (C=O) groups excluding carboxylic acids is 1. The third-order valence-electron chi connectivity index (χ3n) is 3.58. The number of para-hydroxylation sites is 1. The minimum atomic E-state index is 0.137. The molecular weight excluding hydrogens is 226 g/mol. The first-order chi connectivity index (χ1) is 8.84. The summed E-state index contributed by atoms with van der Waals surface area (Å²) in [5.74, 6) is 0.990. The van der Waals surface area contributed by atoms with Crippen LogP contribution in [0.3, 0.4) is 0 Å². The molecule has 1 N–H and O–H groups in total. The van der Waals surface area contributed by atoms with Gasteiger partial charge in [0.1, 0.15) is 0 Å². The zero-order valence-electron chi connectivity index (χ0n) is 10.3. The van der Waals surface area contributed by atoms with Gasteiger partial charge >= 0.3 is 0 Å². The number of carbonyl (C=O) groups is 1. The van der Waals surface area contributed by atoms with Crippen LogP contribution >= 0.6 is 0 Å². The Balaban J connectivity index is 1.71. The summed E-state index contributed by atoms with van der Waals surface area (Å²) >= 11 is 0. The van der Waals surface area contributed by atoms with Crippen LogP contribution in [0.5, 0.6) is 0 Å². The molecule has 3 nitrogen and oxygen atoms in total. The first kappa shape index (κ1) is 11.3. The zero-order chi connectivity index (χ0) is 12.4. The van der Waals surface area contributed by atoms with E-state index in [-0.39, 0.29) is 11.7 Å². The standard InChI is InChI=1S/C15H17NO2/c17-14(15-7-3-4-8-18-15)9-11-10-16-13-6-2-1-5-12(11)13/h1-2,5-7,11,16H,3-4,8-10H2. The van der Waals surface area contributed by atoms with E-state index in [1.165, 1.54) is 5.56 Å². The van der Waals surface area contributed by atoms with Gasteiger partial charge in [-0.25, -0.2) is 0 Å². The highest BCUT2D eigenvalue weighted by molar-refractivity contribution is 5.94. The maximum absolute atomic E-state index is 12.1. The summed E-state index contributed by atoms with van der Waals surface area (Å²) in [6, 6.07) is 8.21. The molecule has 0 bridgehead atoms. The molecule has 3 heteroatoms. The summed E-state index contributed by atoms with van der Waals surface area (Å²) in [5, 5.41) is 3.35. The molecule has 0 spiro atoms. The van der Waals surface area contributed by atoms with E-state index < -0.39 is 0 Å². The third kappa shape index (κ3) is 2.13. The van der Waals surface area contributed by atoms with Gasteiger partial charge in [-0.15, -0.1) is 0 Å². The summed E-state index contributed by atoms with van der Waals surface area (Å²) < 4.78 is 5.43. The van der Waals surface area contributed by atoms with Gasteiger partial charge in [0.15, 0.2) is 11.5 Å². The van der Waals surface area contributed by atoms with Crippen molar-refractivity contribution < 1.29 is 9.53 Å². The number of fused-ring (bicyclic) bond motifs is 1. The average molecular weight is 243 g/mol. The maximum atomic E-state index is 12.1. The molecule has 0 saturated heterocycles. The molecule has 1 aromatic rings. The maximum Gasteiger partial charge on any atom is 0.197 e. The van der Waals surface area contributed by atoms with Crippen LogP contribution < -0.4 is 5.32 Å². The van der Waals surface area contributed by atoms with Gasteiger partial charge in [-0.3, -0.25) is 4.79 Å². The van der Waals surface area contributed by atoms with Crippen LogP contribution in [0, 0.1) is 0 Å². The average Bonchev–Trinajstić information content (AvgIpc) is 2.83. The Bertz CT molecular complexity index is 493. The van der Waals surface area contributed by atoms with E-state index in [1.807, 2.05) is 18.2 Å². The smallest absolute Gasteiger partial charge is 0.197 e. The van der Waals surface area contributed by atoms with Crippen LogP contribution in [0.4, 0.5) is 5.69 Å². The predicted octanol–water partition coefficient (Wildman–Crippen LogP) is 2.85. The van der Waals surface area contributed by atoms with Crippen molar-refractivity contribution >= 4 is 11.5 Å². The number of hydrogen-bond acceptors (Lipinski definition) is 3. The summed E-state index contributed by atoms with van der Waals surface area (Å²) in [6.45, 7) is 1.52. The van der Waals surface area contributed by atoms with Crippen molar-refractivity contribution in [3.63, 3.8) is 0 Å². The van der Waals surface area contributed by atoms with E-state index in [0.717, 1.165) is 25.1 Å². The Morgan fingerprint density at radius 1 is 1.39 bits per heavy atom. The van der Waals surface area contributed by atoms with Gasteiger partial charge in [0.25, 0.3) is 0 Å². The Labute approximate surface area is 107 Å². The van der Waals surface area contributed by atoms with Crippen molar-refractivity contribution in [2.75, 3.05) is 18.5 Å². The molecule has 0 amide bonds. The molecule has 1 atom stereocenters. The lowest BCUT2D eigenvalue weighted by Crippen LogP contribution is -2.15. The summed E-state index contributed by atoms with van der Waals surface area (Å²) in [6.07, 6.45) is 4.45. The SMILES string of the molecule is O=C(CC1CNc2ccccc21)C1=CCCCO1. The first-order valence-electron chi connectivity index (χ1n) is 6.53. The number of benzene rings is 1. The summed E-state index contributed by atoms with van der Waals surface area (Å²) in [7, 11) is 0. The fourth-order valence-corrected chi connectivity index (χ4v) is 2.62. The van der Waals surface area contributed by atoms with Crippen molar-refractivity contribution in [1.29, 1.82) is 0 Å². The molecule has 1 unspecified atom stereocenters. The van der Waals surface area contributed by atoms with Crippen LogP contribution in [0.1, 0.15) is 30.7 Å². The number of Topliss-reactive ketones (excluding diaryl/α,β-unsaturated/α-hetero) is 1. The molecule has 0 aromatic heterocycles. The topological polar surface area (TPSA) is 38.3 Å². The van der Waals surface area contributed by atoms with Gasteiger partial charge in [0.2, 0.25) is 0 Å². The molecule has 2 heterocycles. The minimum absolute atomic E-state index is 0.137. The van der Waals surface area contributed by atoms with Gasteiger partial charge in [0.05, 0.1) is 6.61 Å². The van der Waals surface area contributed by atoms with Crippen molar-refractivity contribution in [2.45, 2.75) is 25.2 Å². The number of ketones is 1. The highest BCUT2D eigenvalue weighted by Crippen LogP contribution is 2.34. The molecule has 0 fully saturated rings. The highest BCUT2D eigenvalue weighted by Gasteiger charge is 2.26. The van der Waals surface area contributed by atoms with E-state index in [4.69, 9.17) is 4.74 Å². The molecule has 2 aliphatic rings. The Morgan fingerprint density at radius 3 is 3.11 bits per heavy atom. The lowest BCUT2D eigenvalue weighted by atomic mass is 9.95. The fourth-order valence-electron chi connectivity index (χ4n) is 2.62. The second-order valence-electron chi connectivity index (χ2n) is 4.85. The lowest BCUT2D eigenvalue weighted by Gasteiger charge is -2.15. The largest absolute Gasteiger partial charge is 0.490 e. The van der Waals surface area contributed by atoms with Gasteiger partial charge in [-0.05, 0) is 30.5 Å². The van der Waals surface area contributed by atoms with Crippen molar-refractivity contribution in [3.05, 3.63) is 41.7 Å². The molecule has 94 valence electrons. The quantitative estimate of drug-likeness (QED) is 0.887. The number of rotatable bonds is 3. The number of allylic oxidation sites excluding steroid dienone is 2. The van der Waals surface area contributed by atoms with Crippen LogP contribution in [-0.2, 0) is 9.53 Å². The third-order valence-corrected chi connectivity index (χ3v) is 3.58. The Kier molecular flexibility index (Phi) is 3.05. The molecule has 0 aliphatic carbocycles. The van der Waals surface area contributed by atoms with Crippen LogP contribution in [0.15, 0.2) is 36.1 Å². The van der Waals surface area contributed by atoms with E-state index in [9.17, 15) is 4.79 Å². The van der Waals surface area contributed by atoms with Crippen molar-refractivity contribution in [2.24, 2.45) is 0 Å². The first-order valence-corrected chi connectivity index (χ1v) is 6.53. The second-order valence-corrected chi connectivity index (χ2v) is 4.85. The van der Waals surface area contributed by atoms with Crippen molar-refractivity contribution in [1.82, 2.24) is 0 Å². The summed E-state index contributed by atoms with van der Waals surface area (Å²) in [5.41, 5.74) is 2.41. The monoisotopic (exact) mass is 243 g/mol. The molecule has 0 saturated carbocycles.